The first-order chi connectivity index (χ1) is 6.09. The Bertz CT molecular complexity index is 219. The molecule has 0 aromatic rings. The van der Waals surface area contributed by atoms with Gasteiger partial charge in [0.15, 0.2) is 0 Å². The van der Waals surface area contributed by atoms with Crippen LogP contribution in [0.25, 0.3) is 0 Å². The number of amides is 1. The predicted molar refractivity (Wildman–Crippen MR) is 50.7 cm³/mol. The largest absolute Gasteiger partial charge is 0.480 e. The Kier molecular flexibility index (Phi) is 3.59. The zero-order chi connectivity index (χ0) is 9.84. The molecule has 0 saturated carbocycles. The van der Waals surface area contributed by atoms with Crippen LogP contribution in [0.2, 0.25) is 0 Å². The third kappa shape index (κ3) is 3.26. The molecule has 2 unspecified atom stereocenters. The van der Waals surface area contributed by atoms with Crippen molar-refractivity contribution in [3.8, 4) is 0 Å². The van der Waals surface area contributed by atoms with Gasteiger partial charge in [0.1, 0.15) is 0 Å². The van der Waals surface area contributed by atoms with E-state index in [1.54, 1.807) is 6.92 Å². The summed E-state index contributed by atoms with van der Waals surface area (Å²) < 4.78 is 0. The maximum atomic E-state index is 10.8. The van der Waals surface area contributed by atoms with Crippen molar-refractivity contribution in [1.29, 1.82) is 0 Å². The minimum Gasteiger partial charge on any atom is -0.480 e. The number of thioether (sulfide) groups is 1. The molecule has 2 N–H and O–H groups in total. The van der Waals surface area contributed by atoms with Crippen molar-refractivity contribution < 1.29 is 14.7 Å². The third-order valence-corrected chi connectivity index (χ3v) is 3.28. The van der Waals surface area contributed by atoms with Crippen LogP contribution in [0.5, 0.6) is 0 Å². The van der Waals surface area contributed by atoms with Crippen molar-refractivity contribution in [3.63, 3.8) is 0 Å². The maximum Gasteiger partial charge on any atom is 0.316 e. The van der Waals surface area contributed by atoms with Crippen molar-refractivity contribution in [2.75, 3.05) is 5.75 Å². The molecule has 0 radical (unpaired) electrons. The molecule has 1 saturated heterocycles. The second-order valence-electron chi connectivity index (χ2n) is 3.12. The van der Waals surface area contributed by atoms with Crippen LogP contribution in [0.1, 0.15) is 19.8 Å². The number of aliphatic carboxylic acids is 1. The van der Waals surface area contributed by atoms with Crippen LogP contribution in [-0.4, -0.2) is 34.0 Å². The highest BCUT2D eigenvalue weighted by Gasteiger charge is 2.22. The summed E-state index contributed by atoms with van der Waals surface area (Å²) in [4.78, 5) is 21.3. The number of rotatable bonds is 4. The average molecular weight is 203 g/mol. The Labute approximate surface area is 81.1 Å². The molecule has 1 fully saturated rings. The van der Waals surface area contributed by atoms with Crippen LogP contribution >= 0.6 is 11.8 Å². The summed E-state index contributed by atoms with van der Waals surface area (Å²) >= 11 is 1.37. The lowest BCUT2D eigenvalue weighted by Crippen LogP contribution is -2.28. The highest BCUT2D eigenvalue weighted by atomic mass is 32.2. The third-order valence-electron chi connectivity index (χ3n) is 1.98. The minimum absolute atomic E-state index is 0.0774. The monoisotopic (exact) mass is 203 g/mol. The Balaban J connectivity index is 2.19. The number of hydrogen-bond acceptors (Lipinski definition) is 3. The van der Waals surface area contributed by atoms with Gasteiger partial charge in [-0.05, 0) is 13.3 Å². The maximum absolute atomic E-state index is 10.8. The summed E-state index contributed by atoms with van der Waals surface area (Å²) in [5.74, 6) is -0.0259. The van der Waals surface area contributed by atoms with Crippen molar-refractivity contribution in [2.24, 2.45) is 0 Å². The first-order valence-corrected chi connectivity index (χ1v) is 5.28. The number of carboxylic acids is 1. The first-order valence-electron chi connectivity index (χ1n) is 4.23. The molecule has 2 atom stereocenters. The SMILES string of the molecule is CC(SCC1CCC(=O)N1)C(=O)O. The zero-order valence-corrected chi connectivity index (χ0v) is 8.26. The molecule has 4 nitrogen and oxygen atoms in total. The smallest absolute Gasteiger partial charge is 0.316 e. The molecule has 74 valence electrons. The summed E-state index contributed by atoms with van der Waals surface area (Å²) in [6.45, 7) is 1.66. The van der Waals surface area contributed by atoms with Gasteiger partial charge in [-0.25, -0.2) is 0 Å². The molecule has 0 aromatic carbocycles. The number of carbonyl (C=O) groups excluding carboxylic acids is 1. The molecule has 0 bridgehead atoms. The van der Waals surface area contributed by atoms with E-state index in [9.17, 15) is 9.59 Å². The molecule has 1 aliphatic rings. The molecular weight excluding hydrogens is 190 g/mol. The van der Waals surface area contributed by atoms with Gasteiger partial charge in [0, 0.05) is 18.2 Å². The Hall–Kier alpha value is -0.710. The van der Waals surface area contributed by atoms with E-state index in [0.29, 0.717) is 12.2 Å². The first kappa shape index (κ1) is 10.4. The number of carbonyl (C=O) groups is 2. The Morgan fingerprint density at radius 2 is 2.54 bits per heavy atom. The normalized spacial score (nSPS) is 24.1. The predicted octanol–water partition coefficient (Wildman–Crippen LogP) is 0.471. The molecule has 0 aliphatic carbocycles. The summed E-state index contributed by atoms with van der Waals surface area (Å²) in [5.41, 5.74) is 0. The second-order valence-corrected chi connectivity index (χ2v) is 4.49. The summed E-state index contributed by atoms with van der Waals surface area (Å²) in [7, 11) is 0. The quantitative estimate of drug-likeness (QED) is 0.697. The highest BCUT2D eigenvalue weighted by Crippen LogP contribution is 2.16. The van der Waals surface area contributed by atoms with Crippen molar-refractivity contribution in [1.82, 2.24) is 5.32 Å². The second kappa shape index (κ2) is 4.50. The summed E-state index contributed by atoms with van der Waals surface area (Å²) in [6, 6.07) is 0.166. The molecule has 1 aliphatic heterocycles. The fraction of sp³-hybridized carbons (Fsp3) is 0.750. The fourth-order valence-electron chi connectivity index (χ4n) is 1.13. The van der Waals surface area contributed by atoms with Gasteiger partial charge in [-0.2, -0.15) is 0 Å². The van der Waals surface area contributed by atoms with Gasteiger partial charge in [-0.3, -0.25) is 9.59 Å². The molecule has 1 rings (SSSR count). The van der Waals surface area contributed by atoms with E-state index < -0.39 is 11.2 Å². The highest BCUT2D eigenvalue weighted by molar-refractivity contribution is 8.00. The molecular formula is C8H13NO3S. The molecule has 0 spiro atoms. The summed E-state index contributed by atoms with van der Waals surface area (Å²) in [5, 5.41) is 11.0. The topological polar surface area (TPSA) is 66.4 Å². The van der Waals surface area contributed by atoms with Gasteiger partial charge in [0.05, 0.1) is 5.25 Å². The minimum atomic E-state index is -0.797. The van der Waals surface area contributed by atoms with E-state index in [1.807, 2.05) is 0 Å². The van der Waals surface area contributed by atoms with Crippen molar-refractivity contribution in [3.05, 3.63) is 0 Å². The van der Waals surface area contributed by atoms with Crippen LogP contribution < -0.4 is 5.32 Å². The van der Waals surface area contributed by atoms with Gasteiger partial charge in [-0.15, -0.1) is 11.8 Å². The standard InChI is InChI=1S/C8H13NO3S/c1-5(8(11)12)13-4-6-2-3-7(10)9-6/h5-6H,2-4H2,1H3,(H,9,10)(H,11,12). The number of carboxylic acid groups (broad SMARTS) is 1. The lowest BCUT2D eigenvalue weighted by atomic mass is 10.2. The molecule has 13 heavy (non-hydrogen) atoms. The van der Waals surface area contributed by atoms with Crippen LogP contribution in [0.3, 0.4) is 0 Å². The van der Waals surface area contributed by atoms with Gasteiger partial charge >= 0.3 is 5.97 Å². The van der Waals surface area contributed by atoms with E-state index in [2.05, 4.69) is 5.32 Å². The van der Waals surface area contributed by atoms with Gasteiger partial charge < -0.3 is 10.4 Å². The van der Waals surface area contributed by atoms with Crippen molar-refractivity contribution in [2.45, 2.75) is 31.1 Å². The van der Waals surface area contributed by atoms with Gasteiger partial charge in [0.25, 0.3) is 0 Å². The van der Waals surface area contributed by atoms with Crippen molar-refractivity contribution >= 4 is 23.6 Å². The Morgan fingerprint density at radius 3 is 3.00 bits per heavy atom. The Morgan fingerprint density at radius 1 is 1.85 bits per heavy atom. The zero-order valence-electron chi connectivity index (χ0n) is 7.45. The van der Waals surface area contributed by atoms with E-state index in [1.165, 1.54) is 11.8 Å². The fourth-order valence-corrected chi connectivity index (χ4v) is 2.05. The van der Waals surface area contributed by atoms with Gasteiger partial charge in [-0.1, -0.05) is 0 Å². The van der Waals surface area contributed by atoms with Crippen LogP contribution in [0, 0.1) is 0 Å². The van der Waals surface area contributed by atoms with E-state index >= 15 is 0 Å². The lowest BCUT2D eigenvalue weighted by Gasteiger charge is -2.11. The molecule has 1 heterocycles. The summed E-state index contributed by atoms with van der Waals surface area (Å²) in [6.07, 6.45) is 1.41. The molecule has 5 heteroatoms. The van der Waals surface area contributed by atoms with Crippen LogP contribution in [0.15, 0.2) is 0 Å². The molecule has 1 amide bonds. The number of hydrogen-bond donors (Lipinski definition) is 2. The van der Waals surface area contributed by atoms with E-state index in [0.717, 1.165) is 6.42 Å². The van der Waals surface area contributed by atoms with Gasteiger partial charge in [0.2, 0.25) is 5.91 Å². The van der Waals surface area contributed by atoms with E-state index in [-0.39, 0.29) is 11.9 Å². The molecule has 0 aromatic heterocycles. The number of nitrogens with one attached hydrogen (secondary N) is 1. The van der Waals surface area contributed by atoms with E-state index in [4.69, 9.17) is 5.11 Å². The lowest BCUT2D eigenvalue weighted by molar-refractivity contribution is -0.136. The average Bonchev–Trinajstić information content (AvgIpc) is 2.47. The van der Waals surface area contributed by atoms with Crippen LogP contribution in [-0.2, 0) is 9.59 Å². The van der Waals surface area contributed by atoms with Crippen LogP contribution in [0.4, 0.5) is 0 Å².